The molecule has 1 radical (unpaired) electrons. The molecule has 9 heavy (non-hydrogen) atoms. The minimum Gasteiger partial charge on any atom is -0.336 e. The number of nitrogens with zero attached hydrogens (tertiary/aromatic N) is 1. The third kappa shape index (κ3) is 2.26. The van der Waals surface area contributed by atoms with Crippen molar-refractivity contribution in [3.63, 3.8) is 0 Å². The molecule has 3 nitrogen and oxygen atoms in total. The third-order valence-electron chi connectivity index (χ3n) is 1.25. The largest absolute Gasteiger partial charge is 0.336 e. The molecule has 0 unspecified atom stereocenters. The molecular weight excluding hydrogens is 118 g/mol. The molecule has 0 aromatic rings. The molecule has 0 aromatic carbocycles. The van der Waals surface area contributed by atoms with E-state index >= 15 is 0 Å². The molecule has 0 rings (SSSR count). The van der Waals surface area contributed by atoms with Gasteiger partial charge in [0.25, 0.3) is 0 Å². The first-order valence-electron chi connectivity index (χ1n) is 2.70. The van der Waals surface area contributed by atoms with Gasteiger partial charge in [0.15, 0.2) is 0 Å². The van der Waals surface area contributed by atoms with Crippen LogP contribution in [0.1, 0.15) is 13.8 Å². The van der Waals surface area contributed by atoms with Gasteiger partial charge in [0.1, 0.15) is 0 Å². The summed E-state index contributed by atoms with van der Waals surface area (Å²) in [5.74, 6) is -0.120. The lowest BCUT2D eigenvalue weighted by Gasteiger charge is -2.16. The lowest BCUT2D eigenvalue weighted by molar-refractivity contribution is -0.128. The maximum Gasteiger partial charge on any atom is 0.222 e. The van der Waals surface area contributed by atoms with Gasteiger partial charge in [0.05, 0.1) is 6.04 Å². The monoisotopic (exact) mass is 128 g/mol. The van der Waals surface area contributed by atoms with E-state index in [1.165, 1.54) is 11.8 Å². The minimum absolute atomic E-state index is 0.120. The normalized spacial score (nSPS) is 12.3. The van der Waals surface area contributed by atoms with Gasteiger partial charge >= 0.3 is 0 Å². The summed E-state index contributed by atoms with van der Waals surface area (Å²) >= 11 is 0. The number of hydrogen-bond donors (Lipinski definition) is 0. The van der Waals surface area contributed by atoms with Gasteiger partial charge in [-0.2, -0.15) is 0 Å². The summed E-state index contributed by atoms with van der Waals surface area (Å²) in [6.45, 7) is 3.03. The SMILES string of the molecule is CC(=O)N(C)[C@H](C)[C]=O. The van der Waals surface area contributed by atoms with Gasteiger partial charge in [0, 0.05) is 14.0 Å². The van der Waals surface area contributed by atoms with Crippen molar-refractivity contribution in [3.8, 4) is 0 Å². The lowest BCUT2D eigenvalue weighted by Crippen LogP contribution is -2.33. The summed E-state index contributed by atoms with van der Waals surface area (Å²) in [6.07, 6.45) is 1.70. The Bertz CT molecular complexity index is 122. The molecule has 1 atom stereocenters. The second kappa shape index (κ2) is 3.22. The Hall–Kier alpha value is -0.860. The highest BCUT2D eigenvalue weighted by Crippen LogP contribution is 1.90. The van der Waals surface area contributed by atoms with Crippen molar-refractivity contribution in [2.24, 2.45) is 0 Å². The molecule has 0 aliphatic heterocycles. The van der Waals surface area contributed by atoms with Gasteiger partial charge in [-0.05, 0) is 6.92 Å². The fraction of sp³-hybridized carbons (Fsp3) is 0.667. The van der Waals surface area contributed by atoms with Crippen LogP contribution in [0.15, 0.2) is 0 Å². The third-order valence-corrected chi connectivity index (χ3v) is 1.25. The zero-order valence-electron chi connectivity index (χ0n) is 5.84. The van der Waals surface area contributed by atoms with E-state index in [9.17, 15) is 9.59 Å². The van der Waals surface area contributed by atoms with E-state index in [4.69, 9.17) is 0 Å². The van der Waals surface area contributed by atoms with Gasteiger partial charge in [-0.1, -0.05) is 0 Å². The number of hydrogen-bond acceptors (Lipinski definition) is 2. The van der Waals surface area contributed by atoms with Crippen LogP contribution in [0.25, 0.3) is 0 Å². The van der Waals surface area contributed by atoms with Crippen LogP contribution in [0.5, 0.6) is 0 Å². The van der Waals surface area contributed by atoms with Crippen LogP contribution in [0.2, 0.25) is 0 Å². The Morgan fingerprint density at radius 1 is 1.67 bits per heavy atom. The van der Waals surface area contributed by atoms with E-state index in [1.807, 2.05) is 0 Å². The van der Waals surface area contributed by atoms with Crippen molar-refractivity contribution in [1.82, 2.24) is 4.90 Å². The number of carbonyl (C=O) groups excluding carboxylic acids is 2. The fourth-order valence-electron chi connectivity index (χ4n) is 0.352. The summed E-state index contributed by atoms with van der Waals surface area (Å²) in [7, 11) is 1.57. The van der Waals surface area contributed by atoms with Gasteiger partial charge in [-0.25, -0.2) is 0 Å². The molecular formula is C6H10NO2. The molecule has 0 fully saturated rings. The van der Waals surface area contributed by atoms with Gasteiger partial charge < -0.3 is 4.90 Å². The number of carbonyl (C=O) groups is 1. The van der Waals surface area contributed by atoms with E-state index in [1.54, 1.807) is 20.3 Å². The second-order valence-corrected chi connectivity index (χ2v) is 1.92. The van der Waals surface area contributed by atoms with E-state index in [2.05, 4.69) is 0 Å². The van der Waals surface area contributed by atoms with Crippen molar-refractivity contribution in [2.75, 3.05) is 7.05 Å². The predicted octanol–water partition coefficient (Wildman–Crippen LogP) is -0.0371. The lowest BCUT2D eigenvalue weighted by atomic mass is 10.3. The molecule has 51 valence electrons. The Morgan fingerprint density at radius 3 is 2.22 bits per heavy atom. The Labute approximate surface area is 54.6 Å². The Morgan fingerprint density at radius 2 is 2.11 bits per heavy atom. The van der Waals surface area contributed by atoms with E-state index in [0.717, 1.165) is 0 Å². The van der Waals surface area contributed by atoms with Crippen molar-refractivity contribution in [3.05, 3.63) is 0 Å². The number of likely N-dealkylation sites (N-methyl/N-ethyl adjacent to an activating group) is 1. The summed E-state index contributed by atoms with van der Waals surface area (Å²) < 4.78 is 0. The first-order valence-corrected chi connectivity index (χ1v) is 2.70. The molecule has 1 amide bonds. The van der Waals surface area contributed by atoms with Crippen LogP contribution in [0.4, 0.5) is 0 Å². The molecule has 0 saturated carbocycles. The van der Waals surface area contributed by atoms with E-state index in [-0.39, 0.29) is 5.91 Å². The van der Waals surface area contributed by atoms with Crippen molar-refractivity contribution < 1.29 is 9.59 Å². The molecule has 0 aromatic heterocycles. The highest BCUT2D eigenvalue weighted by molar-refractivity contribution is 5.77. The first-order chi connectivity index (χ1) is 4.09. The molecule has 0 heterocycles. The standard InChI is InChI=1S/C6H10NO2/c1-5(4-8)7(3)6(2)9/h5H,1-3H3/t5-/m1/s1. The Balaban J connectivity index is 3.86. The van der Waals surface area contributed by atoms with Crippen LogP contribution in [-0.2, 0) is 9.59 Å². The highest BCUT2D eigenvalue weighted by Gasteiger charge is 2.09. The van der Waals surface area contributed by atoms with Crippen molar-refractivity contribution in [2.45, 2.75) is 19.9 Å². The maximum absolute atomic E-state index is 10.5. The van der Waals surface area contributed by atoms with Crippen molar-refractivity contribution in [1.29, 1.82) is 0 Å². The number of amides is 1. The number of rotatable bonds is 2. The zero-order valence-corrected chi connectivity index (χ0v) is 5.84. The second-order valence-electron chi connectivity index (χ2n) is 1.92. The van der Waals surface area contributed by atoms with Crippen LogP contribution < -0.4 is 0 Å². The zero-order chi connectivity index (χ0) is 7.44. The molecule has 0 aliphatic carbocycles. The molecule has 0 bridgehead atoms. The predicted molar refractivity (Wildman–Crippen MR) is 33.6 cm³/mol. The fourth-order valence-corrected chi connectivity index (χ4v) is 0.352. The average molecular weight is 128 g/mol. The topological polar surface area (TPSA) is 37.4 Å². The van der Waals surface area contributed by atoms with E-state index < -0.39 is 6.04 Å². The minimum atomic E-state index is -0.428. The quantitative estimate of drug-likeness (QED) is 0.523. The van der Waals surface area contributed by atoms with Crippen LogP contribution in [-0.4, -0.2) is 30.2 Å². The van der Waals surface area contributed by atoms with Crippen LogP contribution in [0, 0.1) is 0 Å². The molecule has 0 aliphatic rings. The van der Waals surface area contributed by atoms with Crippen LogP contribution in [0.3, 0.4) is 0 Å². The van der Waals surface area contributed by atoms with Gasteiger partial charge in [-0.15, -0.1) is 0 Å². The van der Waals surface area contributed by atoms with Gasteiger partial charge in [0.2, 0.25) is 12.2 Å². The maximum atomic E-state index is 10.5. The summed E-state index contributed by atoms with van der Waals surface area (Å²) in [6, 6.07) is -0.428. The molecule has 3 heteroatoms. The summed E-state index contributed by atoms with van der Waals surface area (Å²) in [4.78, 5) is 21.7. The average Bonchev–Trinajstić information content (AvgIpc) is 1.84. The summed E-state index contributed by atoms with van der Waals surface area (Å²) in [5, 5.41) is 0. The molecule has 0 N–H and O–H groups in total. The summed E-state index contributed by atoms with van der Waals surface area (Å²) in [5.41, 5.74) is 0. The highest BCUT2D eigenvalue weighted by atomic mass is 16.2. The first kappa shape index (κ1) is 8.14. The molecule has 0 spiro atoms. The molecule has 0 saturated heterocycles. The van der Waals surface area contributed by atoms with Gasteiger partial charge in [-0.3, -0.25) is 9.59 Å². The van der Waals surface area contributed by atoms with Crippen molar-refractivity contribution >= 4 is 12.2 Å². The van der Waals surface area contributed by atoms with E-state index in [0.29, 0.717) is 0 Å². The smallest absolute Gasteiger partial charge is 0.222 e. The van der Waals surface area contributed by atoms with Crippen LogP contribution >= 0.6 is 0 Å². The Kier molecular flexibility index (Phi) is 2.91.